The minimum atomic E-state index is -0.576. The minimum absolute atomic E-state index is 0.0375. The van der Waals surface area contributed by atoms with E-state index in [1.807, 2.05) is 35.2 Å². The molecule has 6 rings (SSSR count). The number of carbonyl (C=O) groups excluding carboxylic acids is 3. The van der Waals surface area contributed by atoms with Crippen LogP contribution in [0.5, 0.6) is 5.75 Å². The Morgan fingerprint density at radius 2 is 1.64 bits per heavy atom. The number of rotatable bonds is 7. The molecule has 0 N–H and O–H groups in total. The highest BCUT2D eigenvalue weighted by Gasteiger charge is 2.38. The summed E-state index contributed by atoms with van der Waals surface area (Å²) in [6, 6.07) is 19.8. The first-order chi connectivity index (χ1) is 21.9. The van der Waals surface area contributed by atoms with Gasteiger partial charge in [-0.25, -0.2) is 4.39 Å². The number of ketones is 2. The summed E-state index contributed by atoms with van der Waals surface area (Å²) in [4.78, 5) is 44.5. The van der Waals surface area contributed by atoms with E-state index in [0.29, 0.717) is 80.9 Å². The predicted octanol–water partition coefficient (Wildman–Crippen LogP) is 5.42. The molecule has 3 aromatic rings. The molecule has 0 radical (unpaired) electrons. The number of benzene rings is 3. The third-order valence-corrected chi connectivity index (χ3v) is 9.14. The molecule has 1 saturated carbocycles. The molecule has 3 aromatic carbocycles. The largest absolute Gasteiger partial charge is 0.489 e. The molecule has 0 aromatic heterocycles. The molecule has 9 heteroatoms. The van der Waals surface area contributed by atoms with Crippen LogP contribution >= 0.6 is 0 Å². The molecule has 1 amide bonds. The van der Waals surface area contributed by atoms with Crippen LogP contribution in [0.15, 0.2) is 60.7 Å². The van der Waals surface area contributed by atoms with Crippen molar-refractivity contribution in [2.24, 2.45) is 0 Å². The summed E-state index contributed by atoms with van der Waals surface area (Å²) in [5.74, 6) is 0.300. The lowest BCUT2D eigenvalue weighted by molar-refractivity contribution is -0.124. The Hall–Kier alpha value is -4.55. The zero-order valence-corrected chi connectivity index (χ0v) is 25.3. The van der Waals surface area contributed by atoms with E-state index in [0.717, 1.165) is 37.2 Å². The van der Waals surface area contributed by atoms with Crippen molar-refractivity contribution in [1.82, 2.24) is 9.80 Å². The van der Waals surface area contributed by atoms with Gasteiger partial charge in [0.2, 0.25) is 0 Å². The number of anilines is 1. The maximum Gasteiger partial charge on any atom is 0.255 e. The van der Waals surface area contributed by atoms with Crippen molar-refractivity contribution in [1.29, 1.82) is 5.26 Å². The SMILES string of the molecule is N#Cc1ccc(N2CCN(Cc3ccc(COc4cccc5c4CN(C4CCC(=O)CCCCC4=O)C5=O)cc3)CC2)c(F)c1. The molecule has 0 bridgehead atoms. The standard InChI is InChI=1S/C36H37FN4O4/c37-31-20-27(21-38)12-14-32(31)40-18-16-39(17-19-40)22-25-8-10-26(11-9-25)24-45-35-7-3-5-29-30(35)23-41(36(29)44)33-15-13-28(42)4-1-2-6-34(33)43/h3,5,7-12,14,20,33H,1-2,4,6,13,15-19,22-24H2. The van der Waals surface area contributed by atoms with Gasteiger partial charge in [-0.3, -0.25) is 19.3 Å². The van der Waals surface area contributed by atoms with Crippen molar-refractivity contribution in [3.05, 3.63) is 94.3 Å². The van der Waals surface area contributed by atoms with E-state index in [1.165, 1.54) is 11.6 Å². The number of Topliss-reactive ketones (excluding diaryl/α,β-unsaturated/α-hetero) is 2. The Bertz CT molecular complexity index is 1620. The summed E-state index contributed by atoms with van der Waals surface area (Å²) in [6.07, 6.45) is 3.02. The van der Waals surface area contributed by atoms with Gasteiger partial charge in [-0.05, 0) is 60.7 Å². The van der Waals surface area contributed by atoms with Gasteiger partial charge >= 0.3 is 0 Å². The molecule has 1 atom stereocenters. The number of nitriles is 1. The van der Waals surface area contributed by atoms with Crippen LogP contribution in [0.2, 0.25) is 0 Å². The fraction of sp³-hybridized carbons (Fsp3) is 0.389. The van der Waals surface area contributed by atoms with Gasteiger partial charge in [0.1, 0.15) is 24.0 Å². The average Bonchev–Trinajstić information content (AvgIpc) is 3.42. The Labute approximate surface area is 263 Å². The lowest BCUT2D eigenvalue weighted by Gasteiger charge is -2.36. The molecular formula is C36H37FN4O4. The molecule has 232 valence electrons. The first kappa shape index (κ1) is 30.5. The number of ether oxygens (including phenoxy) is 1. The number of amides is 1. The van der Waals surface area contributed by atoms with Crippen molar-refractivity contribution < 1.29 is 23.5 Å². The number of fused-ring (bicyclic) bond motifs is 1. The smallest absolute Gasteiger partial charge is 0.255 e. The van der Waals surface area contributed by atoms with Crippen molar-refractivity contribution in [2.45, 2.75) is 64.3 Å². The van der Waals surface area contributed by atoms with Gasteiger partial charge in [-0.1, -0.05) is 30.3 Å². The summed E-state index contributed by atoms with van der Waals surface area (Å²) in [7, 11) is 0. The van der Waals surface area contributed by atoms with Crippen molar-refractivity contribution >= 4 is 23.2 Å². The Morgan fingerprint density at radius 3 is 2.40 bits per heavy atom. The molecule has 2 heterocycles. The molecule has 0 spiro atoms. The van der Waals surface area contributed by atoms with E-state index >= 15 is 0 Å². The topological polar surface area (TPSA) is 93.9 Å². The third-order valence-electron chi connectivity index (χ3n) is 9.14. The quantitative estimate of drug-likeness (QED) is 0.354. The maximum absolute atomic E-state index is 14.5. The highest BCUT2D eigenvalue weighted by atomic mass is 19.1. The van der Waals surface area contributed by atoms with Crippen LogP contribution in [-0.2, 0) is 29.3 Å². The summed E-state index contributed by atoms with van der Waals surface area (Å²) in [5.41, 5.74) is 4.40. The first-order valence-corrected chi connectivity index (χ1v) is 15.7. The van der Waals surface area contributed by atoms with Gasteiger partial charge in [0, 0.05) is 63.1 Å². The zero-order chi connectivity index (χ0) is 31.3. The van der Waals surface area contributed by atoms with Gasteiger partial charge in [0.15, 0.2) is 5.78 Å². The molecule has 1 unspecified atom stereocenters. The Morgan fingerprint density at radius 1 is 0.889 bits per heavy atom. The van der Waals surface area contributed by atoms with Gasteiger partial charge in [-0.15, -0.1) is 0 Å². The Kier molecular flexibility index (Phi) is 9.22. The summed E-state index contributed by atoms with van der Waals surface area (Å²) < 4.78 is 20.7. The fourth-order valence-electron chi connectivity index (χ4n) is 6.55. The molecule has 2 aliphatic heterocycles. The lowest BCUT2D eigenvalue weighted by Crippen LogP contribution is -2.46. The molecular weight excluding hydrogens is 571 g/mol. The molecule has 1 saturated heterocycles. The highest BCUT2D eigenvalue weighted by Crippen LogP contribution is 2.34. The summed E-state index contributed by atoms with van der Waals surface area (Å²) in [5, 5.41) is 8.99. The van der Waals surface area contributed by atoms with Gasteiger partial charge in [0.05, 0.1) is 29.9 Å². The highest BCUT2D eigenvalue weighted by molar-refractivity contribution is 6.02. The normalized spacial score (nSPS) is 19.5. The number of hydrogen-bond acceptors (Lipinski definition) is 7. The van der Waals surface area contributed by atoms with E-state index in [9.17, 15) is 18.8 Å². The molecule has 2 fully saturated rings. The zero-order valence-electron chi connectivity index (χ0n) is 25.3. The van der Waals surface area contributed by atoms with Crippen LogP contribution in [0.4, 0.5) is 10.1 Å². The van der Waals surface area contributed by atoms with Crippen molar-refractivity contribution in [2.75, 3.05) is 31.1 Å². The van der Waals surface area contributed by atoms with Crippen LogP contribution in [0, 0.1) is 17.1 Å². The fourth-order valence-corrected chi connectivity index (χ4v) is 6.55. The lowest BCUT2D eigenvalue weighted by atomic mass is 10.0. The number of nitrogens with zero attached hydrogens (tertiary/aromatic N) is 4. The van der Waals surface area contributed by atoms with Gasteiger partial charge in [-0.2, -0.15) is 5.26 Å². The van der Waals surface area contributed by atoms with Gasteiger partial charge < -0.3 is 14.5 Å². The second kappa shape index (κ2) is 13.6. The average molecular weight is 609 g/mol. The summed E-state index contributed by atoms with van der Waals surface area (Å²) >= 11 is 0. The minimum Gasteiger partial charge on any atom is -0.489 e. The van der Waals surface area contributed by atoms with E-state index in [2.05, 4.69) is 17.0 Å². The first-order valence-electron chi connectivity index (χ1n) is 15.7. The van der Waals surface area contributed by atoms with Crippen LogP contribution in [-0.4, -0.2) is 59.5 Å². The van der Waals surface area contributed by atoms with Gasteiger partial charge in [0.25, 0.3) is 5.91 Å². The number of halogens is 1. The van der Waals surface area contributed by atoms with Crippen LogP contribution < -0.4 is 9.64 Å². The molecule has 1 aliphatic carbocycles. The monoisotopic (exact) mass is 608 g/mol. The van der Waals surface area contributed by atoms with Crippen LogP contribution in [0.3, 0.4) is 0 Å². The predicted molar refractivity (Wildman–Crippen MR) is 167 cm³/mol. The second-order valence-corrected chi connectivity index (χ2v) is 12.1. The van der Waals surface area contributed by atoms with Crippen molar-refractivity contribution in [3.63, 3.8) is 0 Å². The third kappa shape index (κ3) is 6.91. The molecule has 3 aliphatic rings. The second-order valence-electron chi connectivity index (χ2n) is 12.1. The van der Waals surface area contributed by atoms with Crippen molar-refractivity contribution in [3.8, 4) is 11.8 Å². The number of carbonyl (C=O) groups is 3. The summed E-state index contributed by atoms with van der Waals surface area (Å²) in [6.45, 7) is 4.48. The number of hydrogen-bond donors (Lipinski definition) is 0. The van der Waals surface area contributed by atoms with Crippen LogP contribution in [0.1, 0.15) is 71.1 Å². The number of piperazine rings is 1. The Balaban J connectivity index is 1.03. The molecule has 8 nitrogen and oxygen atoms in total. The maximum atomic E-state index is 14.5. The van der Waals surface area contributed by atoms with E-state index < -0.39 is 6.04 Å². The van der Waals surface area contributed by atoms with E-state index in [1.54, 1.807) is 23.1 Å². The van der Waals surface area contributed by atoms with Crippen LogP contribution in [0.25, 0.3) is 0 Å². The van der Waals surface area contributed by atoms with E-state index in [-0.39, 0.29) is 23.3 Å². The molecule has 45 heavy (non-hydrogen) atoms. The van der Waals surface area contributed by atoms with E-state index in [4.69, 9.17) is 10.00 Å².